The van der Waals surface area contributed by atoms with Gasteiger partial charge in [0.25, 0.3) is 0 Å². The summed E-state index contributed by atoms with van der Waals surface area (Å²) in [6, 6.07) is 1.63. The molecule has 1 aromatic rings. The molecule has 0 aliphatic heterocycles. The maximum atomic E-state index is 12.0. The Bertz CT molecular complexity index is 525. The molecule has 6 heteroatoms. The molecule has 3 unspecified atom stereocenters. The zero-order valence-electron chi connectivity index (χ0n) is 11.3. The lowest BCUT2D eigenvalue weighted by molar-refractivity contribution is -0.137. The highest BCUT2D eigenvalue weighted by Crippen LogP contribution is 2.49. The molecule has 0 radical (unpaired) electrons. The minimum atomic E-state index is -0.951. The number of nitrogens with one attached hydrogen (secondary N) is 1. The van der Waals surface area contributed by atoms with Gasteiger partial charge in [-0.1, -0.05) is 6.42 Å². The van der Waals surface area contributed by atoms with Crippen molar-refractivity contribution in [2.45, 2.75) is 38.6 Å². The standard InChI is InChI=1S/C14H19N3O3/c18-13(7-11-6-9-1-2-10(11)5-9)15-12-3-4-17(16-12)8-14(19)20/h3-4,9-11H,1-2,5-8H2,(H,19,20)(H,15,16,18). The molecule has 0 aromatic carbocycles. The Morgan fingerprint density at radius 3 is 2.90 bits per heavy atom. The molecular formula is C14H19N3O3. The Kier molecular flexibility index (Phi) is 3.46. The number of aromatic nitrogens is 2. The zero-order chi connectivity index (χ0) is 14.1. The number of nitrogens with zero attached hydrogens (tertiary/aromatic N) is 2. The second kappa shape index (κ2) is 5.26. The third-order valence-corrected chi connectivity index (χ3v) is 4.54. The summed E-state index contributed by atoms with van der Waals surface area (Å²) in [5.74, 6) is 1.56. The molecule has 2 fully saturated rings. The van der Waals surface area contributed by atoms with E-state index >= 15 is 0 Å². The predicted octanol–water partition coefficient (Wildman–Crippen LogP) is 1.73. The number of hydrogen-bond donors (Lipinski definition) is 2. The van der Waals surface area contributed by atoms with Crippen LogP contribution in [0.3, 0.4) is 0 Å². The number of hydrogen-bond acceptors (Lipinski definition) is 3. The first-order chi connectivity index (χ1) is 9.60. The van der Waals surface area contributed by atoms with E-state index < -0.39 is 5.97 Å². The van der Waals surface area contributed by atoms with Gasteiger partial charge in [0.15, 0.2) is 5.82 Å². The number of anilines is 1. The number of rotatable bonds is 5. The van der Waals surface area contributed by atoms with Gasteiger partial charge in [-0.15, -0.1) is 0 Å². The van der Waals surface area contributed by atoms with Crippen LogP contribution in [0.5, 0.6) is 0 Å². The average molecular weight is 277 g/mol. The number of fused-ring (bicyclic) bond motifs is 2. The zero-order valence-corrected chi connectivity index (χ0v) is 11.3. The van der Waals surface area contributed by atoms with E-state index in [1.807, 2.05) is 0 Å². The van der Waals surface area contributed by atoms with Gasteiger partial charge in [-0.25, -0.2) is 0 Å². The minimum absolute atomic E-state index is 0.0110. The molecule has 0 saturated heterocycles. The number of carbonyl (C=O) groups excluding carboxylic acids is 1. The van der Waals surface area contributed by atoms with E-state index in [0.717, 1.165) is 11.8 Å². The van der Waals surface area contributed by atoms with Gasteiger partial charge in [0, 0.05) is 18.7 Å². The van der Waals surface area contributed by atoms with Gasteiger partial charge in [-0.2, -0.15) is 5.10 Å². The van der Waals surface area contributed by atoms with E-state index in [9.17, 15) is 9.59 Å². The van der Waals surface area contributed by atoms with Crippen LogP contribution in [0.15, 0.2) is 12.3 Å². The van der Waals surface area contributed by atoms with Crippen molar-refractivity contribution < 1.29 is 14.7 Å². The van der Waals surface area contributed by atoms with Crippen LogP contribution in [0.25, 0.3) is 0 Å². The first kappa shape index (κ1) is 13.1. The molecule has 3 atom stereocenters. The highest BCUT2D eigenvalue weighted by atomic mass is 16.4. The van der Waals surface area contributed by atoms with Crippen LogP contribution in [0.4, 0.5) is 5.82 Å². The Balaban J connectivity index is 1.51. The van der Waals surface area contributed by atoms with Crippen LogP contribution in [0.2, 0.25) is 0 Å². The summed E-state index contributed by atoms with van der Waals surface area (Å²) >= 11 is 0. The molecule has 0 spiro atoms. The highest BCUT2D eigenvalue weighted by Gasteiger charge is 2.40. The van der Waals surface area contributed by atoms with Crippen molar-refractivity contribution in [2.75, 3.05) is 5.32 Å². The van der Waals surface area contributed by atoms with E-state index in [1.54, 1.807) is 12.3 Å². The van der Waals surface area contributed by atoms with Gasteiger partial charge < -0.3 is 10.4 Å². The van der Waals surface area contributed by atoms with E-state index in [-0.39, 0.29) is 12.5 Å². The van der Waals surface area contributed by atoms with Crippen LogP contribution < -0.4 is 5.32 Å². The van der Waals surface area contributed by atoms with Crippen molar-refractivity contribution >= 4 is 17.7 Å². The molecule has 1 heterocycles. The fourth-order valence-corrected chi connectivity index (χ4v) is 3.71. The summed E-state index contributed by atoms with van der Waals surface area (Å²) < 4.78 is 1.30. The molecular weight excluding hydrogens is 258 g/mol. The molecule has 20 heavy (non-hydrogen) atoms. The Morgan fingerprint density at radius 2 is 2.25 bits per heavy atom. The van der Waals surface area contributed by atoms with Gasteiger partial charge in [-0.3, -0.25) is 14.3 Å². The number of amides is 1. The van der Waals surface area contributed by atoms with E-state index in [2.05, 4.69) is 10.4 Å². The highest BCUT2D eigenvalue weighted by molar-refractivity contribution is 5.89. The fraction of sp³-hybridized carbons (Fsp3) is 0.643. The van der Waals surface area contributed by atoms with Crippen molar-refractivity contribution in [3.05, 3.63) is 12.3 Å². The molecule has 3 rings (SSSR count). The largest absolute Gasteiger partial charge is 0.480 e. The number of aliphatic carboxylic acids is 1. The normalized spacial score (nSPS) is 27.7. The topological polar surface area (TPSA) is 84.2 Å². The second-order valence-electron chi connectivity index (χ2n) is 5.98. The monoisotopic (exact) mass is 277 g/mol. The van der Waals surface area contributed by atoms with Crippen LogP contribution in [-0.4, -0.2) is 26.8 Å². The fourth-order valence-electron chi connectivity index (χ4n) is 3.71. The smallest absolute Gasteiger partial charge is 0.325 e. The lowest BCUT2D eigenvalue weighted by Crippen LogP contribution is -2.20. The average Bonchev–Trinajstić information content (AvgIpc) is 3.05. The predicted molar refractivity (Wildman–Crippen MR) is 72.0 cm³/mol. The van der Waals surface area contributed by atoms with Crippen molar-refractivity contribution in [3.8, 4) is 0 Å². The molecule has 1 amide bonds. The Morgan fingerprint density at radius 1 is 1.40 bits per heavy atom. The van der Waals surface area contributed by atoms with E-state index in [4.69, 9.17) is 5.11 Å². The van der Waals surface area contributed by atoms with Gasteiger partial charge >= 0.3 is 5.97 Å². The molecule has 2 N–H and O–H groups in total. The molecule has 6 nitrogen and oxygen atoms in total. The van der Waals surface area contributed by atoms with Gasteiger partial charge in [0.1, 0.15) is 6.54 Å². The molecule has 1 aromatic heterocycles. The summed E-state index contributed by atoms with van der Waals surface area (Å²) in [5.41, 5.74) is 0. The summed E-state index contributed by atoms with van der Waals surface area (Å²) in [6.07, 6.45) is 7.21. The lowest BCUT2D eigenvalue weighted by atomic mass is 9.86. The number of carboxylic acids is 1. The van der Waals surface area contributed by atoms with E-state index in [1.165, 1.54) is 30.4 Å². The minimum Gasteiger partial charge on any atom is -0.480 e. The lowest BCUT2D eigenvalue weighted by Gasteiger charge is -2.20. The number of carboxylic acid groups (broad SMARTS) is 1. The van der Waals surface area contributed by atoms with Crippen molar-refractivity contribution in [3.63, 3.8) is 0 Å². The van der Waals surface area contributed by atoms with Crippen molar-refractivity contribution in [1.29, 1.82) is 0 Å². The Labute approximate surface area is 117 Å². The summed E-state index contributed by atoms with van der Waals surface area (Å²) in [5, 5.41) is 15.4. The van der Waals surface area contributed by atoms with Gasteiger partial charge in [0.05, 0.1) is 0 Å². The van der Waals surface area contributed by atoms with Crippen molar-refractivity contribution in [1.82, 2.24) is 9.78 Å². The van der Waals surface area contributed by atoms with E-state index in [0.29, 0.717) is 18.2 Å². The third-order valence-electron chi connectivity index (χ3n) is 4.54. The maximum absolute atomic E-state index is 12.0. The summed E-state index contributed by atoms with van der Waals surface area (Å²) in [6.45, 7) is -0.192. The number of carbonyl (C=O) groups is 2. The van der Waals surface area contributed by atoms with Crippen LogP contribution in [0.1, 0.15) is 32.1 Å². The molecule has 2 saturated carbocycles. The molecule has 2 aliphatic rings. The SMILES string of the molecule is O=C(O)Cn1ccc(NC(=O)CC2CC3CCC2C3)n1. The van der Waals surface area contributed by atoms with Crippen LogP contribution >= 0.6 is 0 Å². The van der Waals surface area contributed by atoms with Crippen LogP contribution in [0, 0.1) is 17.8 Å². The maximum Gasteiger partial charge on any atom is 0.325 e. The summed E-state index contributed by atoms with van der Waals surface area (Å²) in [4.78, 5) is 22.6. The van der Waals surface area contributed by atoms with Gasteiger partial charge in [-0.05, 0) is 37.0 Å². The van der Waals surface area contributed by atoms with Crippen molar-refractivity contribution in [2.24, 2.45) is 17.8 Å². The molecule has 2 aliphatic carbocycles. The quantitative estimate of drug-likeness (QED) is 0.858. The molecule has 108 valence electrons. The third kappa shape index (κ3) is 2.84. The van der Waals surface area contributed by atoms with Gasteiger partial charge in [0.2, 0.25) is 5.91 Å². The summed E-state index contributed by atoms with van der Waals surface area (Å²) in [7, 11) is 0. The first-order valence-corrected chi connectivity index (χ1v) is 7.15. The van der Waals surface area contributed by atoms with Crippen LogP contribution in [-0.2, 0) is 16.1 Å². The first-order valence-electron chi connectivity index (χ1n) is 7.15. The second-order valence-corrected chi connectivity index (χ2v) is 5.98. The Hall–Kier alpha value is -1.85. The molecule has 2 bridgehead atoms.